The zero-order valence-electron chi connectivity index (χ0n) is 12.1. The highest BCUT2D eigenvalue weighted by Crippen LogP contribution is 2.24. The summed E-state index contributed by atoms with van der Waals surface area (Å²) in [5.41, 5.74) is 8.69. The number of nitrogens with zero attached hydrogens (tertiary/aromatic N) is 1. The highest BCUT2D eigenvalue weighted by molar-refractivity contribution is 5.48. The first kappa shape index (κ1) is 14.4. The molecule has 3 nitrogen and oxygen atoms in total. The molecule has 1 fully saturated rings. The lowest BCUT2D eigenvalue weighted by molar-refractivity contribution is 0.0656. The fourth-order valence-corrected chi connectivity index (χ4v) is 2.96. The summed E-state index contributed by atoms with van der Waals surface area (Å²) in [4.78, 5) is 2.43. The quantitative estimate of drug-likeness (QED) is 0.820. The molecular formula is C16H26N2O. The van der Waals surface area contributed by atoms with E-state index >= 15 is 0 Å². The lowest BCUT2D eigenvalue weighted by atomic mass is 9.98. The molecule has 0 radical (unpaired) electrons. The van der Waals surface area contributed by atoms with Crippen molar-refractivity contribution in [2.24, 2.45) is 0 Å². The van der Waals surface area contributed by atoms with Crippen LogP contribution in [-0.2, 0) is 0 Å². The van der Waals surface area contributed by atoms with E-state index in [9.17, 15) is 5.11 Å². The van der Waals surface area contributed by atoms with Crippen molar-refractivity contribution in [1.29, 1.82) is 0 Å². The zero-order chi connectivity index (χ0) is 13.8. The Kier molecular flexibility index (Phi) is 4.83. The summed E-state index contributed by atoms with van der Waals surface area (Å²) in [6, 6.07) is 6.51. The first-order chi connectivity index (χ1) is 9.11. The molecule has 2 unspecified atom stereocenters. The smallest absolute Gasteiger partial charge is 0.0917 e. The molecule has 1 heterocycles. The Morgan fingerprint density at radius 1 is 1.42 bits per heavy atom. The fourth-order valence-electron chi connectivity index (χ4n) is 2.96. The predicted molar refractivity (Wildman–Crippen MR) is 80.1 cm³/mol. The molecule has 0 saturated carbocycles. The van der Waals surface area contributed by atoms with Gasteiger partial charge < -0.3 is 10.8 Å². The number of aryl methyl sites for hydroxylation is 1. The number of piperidine rings is 1. The number of benzene rings is 1. The molecule has 19 heavy (non-hydrogen) atoms. The van der Waals surface area contributed by atoms with Gasteiger partial charge in [0.15, 0.2) is 0 Å². The number of aliphatic hydroxyl groups excluding tert-OH is 1. The maximum absolute atomic E-state index is 10.4. The van der Waals surface area contributed by atoms with E-state index in [0.29, 0.717) is 6.04 Å². The Bertz CT molecular complexity index is 419. The Balaban J connectivity index is 2.02. The number of β-amino-alcohol motifs (C(OH)–C–C–N with tert-alkyl or cyclic N) is 1. The monoisotopic (exact) mass is 262 g/mol. The number of likely N-dealkylation sites (tertiary alicyclic amines) is 1. The summed E-state index contributed by atoms with van der Waals surface area (Å²) in [6.07, 6.45) is 4.57. The molecule has 3 N–H and O–H groups in total. The van der Waals surface area contributed by atoms with Gasteiger partial charge >= 0.3 is 0 Å². The molecule has 2 rings (SSSR count). The van der Waals surface area contributed by atoms with Crippen LogP contribution in [0.4, 0.5) is 5.69 Å². The second-order valence-corrected chi connectivity index (χ2v) is 5.68. The van der Waals surface area contributed by atoms with E-state index in [4.69, 9.17) is 5.73 Å². The molecule has 2 atom stereocenters. The average Bonchev–Trinajstić information content (AvgIpc) is 2.42. The van der Waals surface area contributed by atoms with Crippen molar-refractivity contribution in [3.8, 4) is 0 Å². The SMILES string of the molecule is CCC1CCCCN1CC(O)c1ccc(C)c(N)c1. The Morgan fingerprint density at radius 2 is 2.21 bits per heavy atom. The van der Waals surface area contributed by atoms with Crippen LogP contribution in [-0.4, -0.2) is 29.1 Å². The summed E-state index contributed by atoms with van der Waals surface area (Å²) in [5.74, 6) is 0. The average molecular weight is 262 g/mol. The second kappa shape index (κ2) is 6.40. The van der Waals surface area contributed by atoms with Crippen molar-refractivity contribution in [2.75, 3.05) is 18.8 Å². The lowest BCUT2D eigenvalue weighted by Crippen LogP contribution is -2.41. The number of rotatable bonds is 4. The van der Waals surface area contributed by atoms with Gasteiger partial charge in [-0.05, 0) is 49.9 Å². The van der Waals surface area contributed by atoms with E-state index in [-0.39, 0.29) is 0 Å². The van der Waals surface area contributed by atoms with Crippen molar-refractivity contribution in [1.82, 2.24) is 4.90 Å². The maximum atomic E-state index is 10.4. The van der Waals surface area contributed by atoms with Gasteiger partial charge in [-0.1, -0.05) is 25.5 Å². The van der Waals surface area contributed by atoms with Crippen LogP contribution in [0.1, 0.15) is 49.8 Å². The highest BCUT2D eigenvalue weighted by Gasteiger charge is 2.23. The third-order valence-corrected chi connectivity index (χ3v) is 4.32. The van der Waals surface area contributed by atoms with E-state index < -0.39 is 6.10 Å². The van der Waals surface area contributed by atoms with Gasteiger partial charge in [0, 0.05) is 18.3 Å². The molecule has 0 amide bonds. The Labute approximate surface area is 116 Å². The van der Waals surface area contributed by atoms with Gasteiger partial charge in [-0.25, -0.2) is 0 Å². The maximum Gasteiger partial charge on any atom is 0.0917 e. The number of nitrogens with two attached hydrogens (primary N) is 1. The van der Waals surface area contributed by atoms with Crippen LogP contribution in [0.3, 0.4) is 0 Å². The van der Waals surface area contributed by atoms with E-state index in [1.54, 1.807) is 0 Å². The topological polar surface area (TPSA) is 49.5 Å². The molecule has 3 heteroatoms. The Morgan fingerprint density at radius 3 is 2.89 bits per heavy atom. The number of nitrogen functional groups attached to an aromatic ring is 1. The number of anilines is 1. The summed E-state index contributed by atoms with van der Waals surface area (Å²) >= 11 is 0. The number of hydrogen-bond donors (Lipinski definition) is 2. The number of hydrogen-bond acceptors (Lipinski definition) is 3. The molecular weight excluding hydrogens is 236 g/mol. The van der Waals surface area contributed by atoms with Gasteiger partial charge in [-0.3, -0.25) is 4.90 Å². The summed E-state index contributed by atoms with van der Waals surface area (Å²) in [6.45, 7) is 6.06. The van der Waals surface area contributed by atoms with E-state index in [2.05, 4.69) is 11.8 Å². The second-order valence-electron chi connectivity index (χ2n) is 5.68. The largest absolute Gasteiger partial charge is 0.399 e. The van der Waals surface area contributed by atoms with E-state index in [1.165, 1.54) is 25.7 Å². The molecule has 106 valence electrons. The molecule has 1 aromatic carbocycles. The van der Waals surface area contributed by atoms with Gasteiger partial charge in [-0.15, -0.1) is 0 Å². The third-order valence-electron chi connectivity index (χ3n) is 4.32. The van der Waals surface area contributed by atoms with Crippen molar-refractivity contribution in [2.45, 2.75) is 51.7 Å². The van der Waals surface area contributed by atoms with Crippen LogP contribution in [0.15, 0.2) is 18.2 Å². The van der Waals surface area contributed by atoms with Crippen LogP contribution in [0.25, 0.3) is 0 Å². The fraction of sp³-hybridized carbons (Fsp3) is 0.625. The number of aliphatic hydroxyl groups is 1. The first-order valence-corrected chi connectivity index (χ1v) is 7.40. The lowest BCUT2D eigenvalue weighted by Gasteiger charge is -2.36. The minimum Gasteiger partial charge on any atom is -0.399 e. The normalized spacial score (nSPS) is 22.4. The predicted octanol–water partition coefficient (Wildman–Crippen LogP) is 2.88. The van der Waals surface area contributed by atoms with Gasteiger partial charge in [0.25, 0.3) is 0 Å². The molecule has 0 aromatic heterocycles. The Hall–Kier alpha value is -1.06. The molecule has 1 aliphatic heterocycles. The summed E-state index contributed by atoms with van der Waals surface area (Å²) < 4.78 is 0. The zero-order valence-corrected chi connectivity index (χ0v) is 12.1. The van der Waals surface area contributed by atoms with Gasteiger partial charge in [0.2, 0.25) is 0 Å². The third kappa shape index (κ3) is 3.48. The molecule has 0 aliphatic carbocycles. The van der Waals surface area contributed by atoms with Crippen molar-refractivity contribution < 1.29 is 5.11 Å². The van der Waals surface area contributed by atoms with Crippen molar-refractivity contribution in [3.05, 3.63) is 29.3 Å². The minimum absolute atomic E-state index is 0.435. The van der Waals surface area contributed by atoms with E-state index in [1.807, 2.05) is 25.1 Å². The molecule has 1 saturated heterocycles. The van der Waals surface area contributed by atoms with E-state index in [0.717, 1.165) is 29.9 Å². The van der Waals surface area contributed by atoms with Crippen LogP contribution >= 0.6 is 0 Å². The van der Waals surface area contributed by atoms with Crippen LogP contribution in [0.5, 0.6) is 0 Å². The molecule has 0 bridgehead atoms. The molecule has 0 spiro atoms. The van der Waals surface area contributed by atoms with Crippen molar-refractivity contribution >= 4 is 5.69 Å². The van der Waals surface area contributed by atoms with Crippen molar-refractivity contribution in [3.63, 3.8) is 0 Å². The summed E-state index contributed by atoms with van der Waals surface area (Å²) in [7, 11) is 0. The highest BCUT2D eigenvalue weighted by atomic mass is 16.3. The van der Waals surface area contributed by atoms with Crippen LogP contribution in [0, 0.1) is 6.92 Å². The summed E-state index contributed by atoms with van der Waals surface area (Å²) in [5, 5.41) is 10.4. The molecule has 1 aliphatic rings. The van der Waals surface area contributed by atoms with Gasteiger partial charge in [0.05, 0.1) is 6.10 Å². The minimum atomic E-state index is -0.435. The van der Waals surface area contributed by atoms with Crippen LogP contribution in [0.2, 0.25) is 0 Å². The first-order valence-electron chi connectivity index (χ1n) is 7.40. The molecule has 1 aromatic rings. The van der Waals surface area contributed by atoms with Crippen LogP contribution < -0.4 is 5.73 Å². The standard InChI is InChI=1S/C16H26N2O/c1-3-14-6-4-5-9-18(14)11-16(19)13-8-7-12(2)15(17)10-13/h7-8,10,14,16,19H,3-6,9,11,17H2,1-2H3. The van der Waals surface area contributed by atoms with Gasteiger partial charge in [0.1, 0.15) is 0 Å². The van der Waals surface area contributed by atoms with Gasteiger partial charge in [-0.2, -0.15) is 0 Å².